The van der Waals surface area contributed by atoms with Gasteiger partial charge in [0.25, 0.3) is 0 Å². The number of aryl methyl sites for hydroxylation is 1. The highest BCUT2D eigenvalue weighted by molar-refractivity contribution is 5.75. The zero-order chi connectivity index (χ0) is 15.3. The Balaban J connectivity index is 1.80. The maximum atomic E-state index is 4.70. The third-order valence-corrected chi connectivity index (χ3v) is 3.96. The van der Waals surface area contributed by atoms with Crippen molar-refractivity contribution < 1.29 is 0 Å². The molecule has 3 heterocycles. The molecular formula is C15H19N7. The summed E-state index contributed by atoms with van der Waals surface area (Å²) in [6.07, 6.45) is 4.28. The predicted molar refractivity (Wildman–Crippen MR) is 84.9 cm³/mol. The minimum atomic E-state index is 0.635. The van der Waals surface area contributed by atoms with E-state index < -0.39 is 0 Å². The topological polar surface area (TPSA) is 75.5 Å². The molecule has 0 radical (unpaired) electrons. The monoisotopic (exact) mass is 297 g/mol. The van der Waals surface area contributed by atoms with Crippen molar-refractivity contribution in [1.29, 1.82) is 0 Å². The SMILES string of the molecule is CCn1nc(C2CC2)cc1-c1nc2nc(N(C)C)ncc2[nH]1. The lowest BCUT2D eigenvalue weighted by Crippen LogP contribution is -2.12. The summed E-state index contributed by atoms with van der Waals surface area (Å²) >= 11 is 0. The van der Waals surface area contributed by atoms with Crippen molar-refractivity contribution in [1.82, 2.24) is 29.7 Å². The first-order valence-electron chi connectivity index (χ1n) is 7.64. The average molecular weight is 297 g/mol. The normalized spacial score (nSPS) is 14.7. The molecule has 0 aliphatic heterocycles. The van der Waals surface area contributed by atoms with Crippen molar-refractivity contribution in [3.63, 3.8) is 0 Å². The average Bonchev–Trinajstić information content (AvgIpc) is 3.13. The molecule has 3 aromatic rings. The molecule has 0 amide bonds. The largest absolute Gasteiger partial charge is 0.347 e. The minimum absolute atomic E-state index is 0.635. The molecule has 3 aromatic heterocycles. The molecule has 1 N–H and O–H groups in total. The zero-order valence-electron chi connectivity index (χ0n) is 13.0. The first-order chi connectivity index (χ1) is 10.7. The first-order valence-corrected chi connectivity index (χ1v) is 7.64. The molecule has 0 bridgehead atoms. The molecule has 0 aromatic carbocycles. The number of rotatable bonds is 4. The smallest absolute Gasteiger partial charge is 0.226 e. The molecule has 0 unspecified atom stereocenters. The lowest BCUT2D eigenvalue weighted by Gasteiger charge is -2.07. The summed E-state index contributed by atoms with van der Waals surface area (Å²) in [6, 6.07) is 2.15. The van der Waals surface area contributed by atoms with E-state index in [1.807, 2.05) is 23.7 Å². The van der Waals surface area contributed by atoms with Crippen LogP contribution in [0.25, 0.3) is 22.7 Å². The van der Waals surface area contributed by atoms with E-state index in [4.69, 9.17) is 5.10 Å². The van der Waals surface area contributed by atoms with Crippen LogP contribution in [0.2, 0.25) is 0 Å². The highest BCUT2D eigenvalue weighted by Gasteiger charge is 2.28. The number of H-pyrrole nitrogens is 1. The number of anilines is 1. The van der Waals surface area contributed by atoms with E-state index in [0.29, 0.717) is 17.5 Å². The van der Waals surface area contributed by atoms with Crippen LogP contribution < -0.4 is 4.90 Å². The Kier molecular flexibility index (Phi) is 2.88. The van der Waals surface area contributed by atoms with Gasteiger partial charge in [-0.15, -0.1) is 0 Å². The second-order valence-corrected chi connectivity index (χ2v) is 5.93. The van der Waals surface area contributed by atoms with E-state index in [-0.39, 0.29) is 0 Å². The van der Waals surface area contributed by atoms with Gasteiger partial charge in [-0.05, 0) is 25.8 Å². The van der Waals surface area contributed by atoms with Crippen LogP contribution in [0.4, 0.5) is 5.95 Å². The fourth-order valence-corrected chi connectivity index (χ4v) is 2.58. The number of aromatic nitrogens is 6. The molecule has 0 spiro atoms. The molecule has 0 atom stereocenters. The van der Waals surface area contributed by atoms with Gasteiger partial charge in [-0.1, -0.05) is 0 Å². The van der Waals surface area contributed by atoms with Gasteiger partial charge < -0.3 is 9.88 Å². The molecule has 1 fully saturated rings. The summed E-state index contributed by atoms with van der Waals surface area (Å²) in [6.45, 7) is 2.92. The second-order valence-electron chi connectivity index (χ2n) is 5.93. The van der Waals surface area contributed by atoms with E-state index in [1.165, 1.54) is 18.5 Å². The lowest BCUT2D eigenvalue weighted by molar-refractivity contribution is 0.652. The van der Waals surface area contributed by atoms with Crippen LogP contribution >= 0.6 is 0 Å². The van der Waals surface area contributed by atoms with E-state index in [0.717, 1.165) is 23.6 Å². The summed E-state index contributed by atoms with van der Waals surface area (Å²) in [5, 5.41) is 4.70. The van der Waals surface area contributed by atoms with Crippen molar-refractivity contribution in [2.75, 3.05) is 19.0 Å². The predicted octanol–water partition coefficient (Wildman–Crippen LogP) is 2.18. The van der Waals surface area contributed by atoms with Crippen molar-refractivity contribution in [2.24, 2.45) is 0 Å². The third kappa shape index (κ3) is 2.13. The van der Waals surface area contributed by atoms with Crippen molar-refractivity contribution in [2.45, 2.75) is 32.2 Å². The van der Waals surface area contributed by atoms with Crippen LogP contribution in [0.3, 0.4) is 0 Å². The molecule has 7 nitrogen and oxygen atoms in total. The Morgan fingerprint density at radius 3 is 2.82 bits per heavy atom. The van der Waals surface area contributed by atoms with Gasteiger partial charge in [-0.2, -0.15) is 10.1 Å². The fraction of sp³-hybridized carbons (Fsp3) is 0.467. The fourth-order valence-electron chi connectivity index (χ4n) is 2.58. The van der Waals surface area contributed by atoms with Gasteiger partial charge in [-0.25, -0.2) is 9.97 Å². The number of aromatic amines is 1. The Bertz CT molecular complexity index is 826. The molecular weight excluding hydrogens is 278 g/mol. The van der Waals surface area contributed by atoms with Gasteiger partial charge in [0.2, 0.25) is 5.95 Å². The van der Waals surface area contributed by atoms with Crippen molar-refractivity contribution in [3.05, 3.63) is 18.0 Å². The van der Waals surface area contributed by atoms with Gasteiger partial charge in [0.05, 0.1) is 11.9 Å². The van der Waals surface area contributed by atoms with Gasteiger partial charge in [0, 0.05) is 26.6 Å². The second kappa shape index (κ2) is 4.79. The van der Waals surface area contributed by atoms with E-state index in [1.54, 1.807) is 6.20 Å². The summed E-state index contributed by atoms with van der Waals surface area (Å²) in [5.74, 6) is 2.10. The molecule has 0 saturated heterocycles. The standard InChI is InChI=1S/C15H19N7/c1-4-22-12(7-10(20-22)9-5-6-9)14-17-11-8-16-15(21(2)3)19-13(11)18-14/h7-9H,4-6H2,1-3H3,(H,16,17,18,19). The molecule has 1 aliphatic carbocycles. The van der Waals surface area contributed by atoms with E-state index >= 15 is 0 Å². The van der Waals surface area contributed by atoms with Gasteiger partial charge in [0.1, 0.15) is 11.2 Å². The lowest BCUT2D eigenvalue weighted by atomic mass is 10.2. The number of nitrogens with one attached hydrogen (secondary N) is 1. The zero-order valence-corrected chi connectivity index (χ0v) is 13.0. The minimum Gasteiger partial charge on any atom is -0.347 e. The van der Waals surface area contributed by atoms with Crippen LogP contribution in [-0.4, -0.2) is 43.8 Å². The third-order valence-electron chi connectivity index (χ3n) is 3.96. The molecule has 22 heavy (non-hydrogen) atoms. The van der Waals surface area contributed by atoms with Crippen LogP contribution in [-0.2, 0) is 6.54 Å². The number of hydrogen-bond acceptors (Lipinski definition) is 5. The molecule has 4 rings (SSSR count). The molecule has 1 aliphatic rings. The van der Waals surface area contributed by atoms with Crippen LogP contribution in [0.5, 0.6) is 0 Å². The number of imidazole rings is 1. The number of hydrogen-bond donors (Lipinski definition) is 1. The highest BCUT2D eigenvalue weighted by atomic mass is 15.3. The Labute approximate surface area is 128 Å². The highest BCUT2D eigenvalue weighted by Crippen LogP contribution is 2.40. The van der Waals surface area contributed by atoms with Crippen molar-refractivity contribution >= 4 is 17.1 Å². The Morgan fingerprint density at radius 1 is 1.32 bits per heavy atom. The molecule has 7 heteroatoms. The van der Waals surface area contributed by atoms with Crippen LogP contribution in [0, 0.1) is 0 Å². The van der Waals surface area contributed by atoms with Gasteiger partial charge in [0.15, 0.2) is 11.5 Å². The maximum absolute atomic E-state index is 4.70. The Hall–Kier alpha value is -2.44. The van der Waals surface area contributed by atoms with E-state index in [9.17, 15) is 0 Å². The quantitative estimate of drug-likeness (QED) is 0.799. The van der Waals surface area contributed by atoms with Gasteiger partial charge >= 0.3 is 0 Å². The van der Waals surface area contributed by atoms with Gasteiger partial charge in [-0.3, -0.25) is 4.68 Å². The summed E-state index contributed by atoms with van der Waals surface area (Å²) in [5.41, 5.74) is 3.73. The summed E-state index contributed by atoms with van der Waals surface area (Å²) < 4.78 is 2.01. The Morgan fingerprint density at radius 2 is 2.14 bits per heavy atom. The first kappa shape index (κ1) is 13.2. The summed E-state index contributed by atoms with van der Waals surface area (Å²) in [7, 11) is 3.84. The van der Waals surface area contributed by atoms with E-state index in [2.05, 4.69) is 32.9 Å². The van der Waals surface area contributed by atoms with Crippen LogP contribution in [0.15, 0.2) is 12.3 Å². The maximum Gasteiger partial charge on any atom is 0.226 e. The van der Waals surface area contributed by atoms with Crippen LogP contribution in [0.1, 0.15) is 31.4 Å². The van der Waals surface area contributed by atoms with Crippen molar-refractivity contribution in [3.8, 4) is 11.5 Å². The number of fused-ring (bicyclic) bond motifs is 1. The molecule has 114 valence electrons. The summed E-state index contributed by atoms with van der Waals surface area (Å²) in [4.78, 5) is 18.6. The molecule has 1 saturated carbocycles. The number of nitrogens with zero attached hydrogens (tertiary/aromatic N) is 6.